The topological polar surface area (TPSA) is 107 Å². The SMILES string of the molecule is CC1CCCN(C(=O)N[C@H](CC(=O)O)C(=O)O)CC1. The normalized spacial score (nSPS) is 21.3. The van der Waals surface area contributed by atoms with Crippen LogP contribution in [0.1, 0.15) is 32.6 Å². The summed E-state index contributed by atoms with van der Waals surface area (Å²) in [6, 6.07) is -1.88. The van der Waals surface area contributed by atoms with Gasteiger partial charge in [0.15, 0.2) is 0 Å². The second-order valence-corrected chi connectivity index (χ2v) is 4.96. The van der Waals surface area contributed by atoms with E-state index >= 15 is 0 Å². The number of carboxylic acids is 2. The zero-order valence-electron chi connectivity index (χ0n) is 11.0. The Balaban J connectivity index is 2.55. The van der Waals surface area contributed by atoms with Crippen LogP contribution in [-0.2, 0) is 9.59 Å². The fourth-order valence-corrected chi connectivity index (χ4v) is 2.08. The molecule has 0 spiro atoms. The molecule has 0 saturated carbocycles. The molecule has 0 radical (unpaired) electrons. The Morgan fingerprint density at radius 2 is 1.95 bits per heavy atom. The first-order valence-corrected chi connectivity index (χ1v) is 6.40. The molecule has 0 aromatic heterocycles. The van der Waals surface area contributed by atoms with Gasteiger partial charge in [-0.2, -0.15) is 0 Å². The third kappa shape index (κ3) is 5.15. The van der Waals surface area contributed by atoms with Crippen molar-refractivity contribution in [3.05, 3.63) is 0 Å². The number of carbonyl (C=O) groups excluding carboxylic acids is 1. The van der Waals surface area contributed by atoms with Gasteiger partial charge in [0.25, 0.3) is 0 Å². The van der Waals surface area contributed by atoms with Gasteiger partial charge in [0, 0.05) is 13.1 Å². The van der Waals surface area contributed by atoms with Crippen LogP contribution < -0.4 is 5.32 Å². The fraction of sp³-hybridized carbons (Fsp3) is 0.750. The Bertz CT molecular complexity index is 358. The molecule has 0 aromatic rings. The first kappa shape index (κ1) is 15.3. The average Bonchev–Trinajstić information content (AvgIpc) is 2.52. The van der Waals surface area contributed by atoms with Crippen molar-refractivity contribution in [2.45, 2.75) is 38.6 Å². The molecule has 0 aliphatic carbocycles. The zero-order valence-corrected chi connectivity index (χ0v) is 11.0. The van der Waals surface area contributed by atoms with Crippen LogP contribution in [0, 0.1) is 5.92 Å². The molecule has 1 aliphatic rings. The van der Waals surface area contributed by atoms with Gasteiger partial charge in [0.1, 0.15) is 6.04 Å². The number of hydrogen-bond donors (Lipinski definition) is 3. The molecule has 1 heterocycles. The molecule has 19 heavy (non-hydrogen) atoms. The molecule has 2 amide bonds. The summed E-state index contributed by atoms with van der Waals surface area (Å²) < 4.78 is 0. The van der Waals surface area contributed by atoms with Crippen molar-refractivity contribution < 1.29 is 24.6 Å². The maximum atomic E-state index is 11.9. The molecule has 0 bridgehead atoms. The summed E-state index contributed by atoms with van der Waals surface area (Å²) >= 11 is 0. The van der Waals surface area contributed by atoms with Gasteiger partial charge in [-0.3, -0.25) is 4.79 Å². The molecular formula is C12H20N2O5. The third-order valence-electron chi connectivity index (χ3n) is 3.28. The van der Waals surface area contributed by atoms with E-state index in [1.54, 1.807) is 4.90 Å². The van der Waals surface area contributed by atoms with Crippen LogP contribution in [0.5, 0.6) is 0 Å². The molecule has 108 valence electrons. The highest BCUT2D eigenvalue weighted by Gasteiger charge is 2.26. The number of hydrogen-bond acceptors (Lipinski definition) is 3. The Morgan fingerprint density at radius 3 is 2.53 bits per heavy atom. The Hall–Kier alpha value is -1.79. The molecule has 7 heteroatoms. The third-order valence-corrected chi connectivity index (χ3v) is 3.28. The van der Waals surface area contributed by atoms with Crippen molar-refractivity contribution in [2.24, 2.45) is 5.92 Å². The van der Waals surface area contributed by atoms with Crippen LogP contribution in [0.2, 0.25) is 0 Å². The maximum Gasteiger partial charge on any atom is 0.326 e. The van der Waals surface area contributed by atoms with Gasteiger partial charge in [0.05, 0.1) is 6.42 Å². The van der Waals surface area contributed by atoms with Crippen molar-refractivity contribution in [1.29, 1.82) is 0 Å². The van der Waals surface area contributed by atoms with E-state index in [0.29, 0.717) is 19.0 Å². The van der Waals surface area contributed by atoms with E-state index in [4.69, 9.17) is 10.2 Å². The highest BCUT2D eigenvalue weighted by atomic mass is 16.4. The molecule has 0 aromatic carbocycles. The molecule has 1 fully saturated rings. The van der Waals surface area contributed by atoms with E-state index in [2.05, 4.69) is 12.2 Å². The number of carboxylic acid groups (broad SMARTS) is 2. The van der Waals surface area contributed by atoms with E-state index in [-0.39, 0.29) is 0 Å². The highest BCUT2D eigenvalue weighted by Crippen LogP contribution is 2.16. The van der Waals surface area contributed by atoms with Crippen molar-refractivity contribution in [1.82, 2.24) is 10.2 Å². The molecule has 1 aliphatic heterocycles. The number of urea groups is 1. The molecule has 1 saturated heterocycles. The number of carbonyl (C=O) groups is 3. The van der Waals surface area contributed by atoms with Crippen molar-refractivity contribution in [3.8, 4) is 0 Å². The molecular weight excluding hydrogens is 252 g/mol. The van der Waals surface area contributed by atoms with E-state index in [0.717, 1.165) is 19.3 Å². The summed E-state index contributed by atoms with van der Waals surface area (Å²) in [5, 5.41) is 19.7. The van der Waals surface area contributed by atoms with E-state index in [1.807, 2.05) is 0 Å². The Kier molecular flexibility index (Phi) is 5.59. The van der Waals surface area contributed by atoms with Gasteiger partial charge in [-0.1, -0.05) is 6.92 Å². The maximum absolute atomic E-state index is 11.9. The molecule has 1 unspecified atom stereocenters. The summed E-state index contributed by atoms with van der Waals surface area (Å²) in [6.45, 7) is 3.27. The second-order valence-electron chi connectivity index (χ2n) is 4.96. The van der Waals surface area contributed by atoms with Gasteiger partial charge >= 0.3 is 18.0 Å². The molecule has 2 atom stereocenters. The molecule has 3 N–H and O–H groups in total. The number of nitrogens with one attached hydrogen (secondary N) is 1. The van der Waals surface area contributed by atoms with Crippen LogP contribution in [0.15, 0.2) is 0 Å². The van der Waals surface area contributed by atoms with Crippen LogP contribution in [0.4, 0.5) is 4.79 Å². The van der Waals surface area contributed by atoms with Crippen LogP contribution in [0.25, 0.3) is 0 Å². The summed E-state index contributed by atoms with van der Waals surface area (Å²) in [6.07, 6.45) is 2.18. The quantitative estimate of drug-likeness (QED) is 0.700. The zero-order chi connectivity index (χ0) is 14.4. The van der Waals surface area contributed by atoms with Gasteiger partial charge in [-0.15, -0.1) is 0 Å². The number of nitrogens with zero attached hydrogens (tertiary/aromatic N) is 1. The van der Waals surface area contributed by atoms with Crippen LogP contribution in [0.3, 0.4) is 0 Å². The lowest BCUT2D eigenvalue weighted by Crippen LogP contribution is -2.49. The van der Waals surface area contributed by atoms with Gasteiger partial charge in [-0.05, 0) is 25.2 Å². The minimum atomic E-state index is -1.38. The lowest BCUT2D eigenvalue weighted by Gasteiger charge is -2.23. The predicted molar refractivity (Wildman–Crippen MR) is 66.8 cm³/mol. The standard InChI is InChI=1S/C12H20N2O5/c1-8-3-2-5-14(6-4-8)12(19)13-9(11(17)18)7-10(15)16/h8-9H,2-7H2,1H3,(H,13,19)(H,15,16)(H,17,18)/t8?,9-/m1/s1. The molecule has 7 nitrogen and oxygen atoms in total. The summed E-state index contributed by atoms with van der Waals surface area (Å²) in [5.74, 6) is -2.04. The summed E-state index contributed by atoms with van der Waals surface area (Å²) in [5.41, 5.74) is 0. The van der Waals surface area contributed by atoms with E-state index in [1.165, 1.54) is 0 Å². The number of likely N-dealkylation sites (tertiary alicyclic amines) is 1. The smallest absolute Gasteiger partial charge is 0.326 e. The average molecular weight is 272 g/mol. The summed E-state index contributed by atoms with van der Waals surface area (Å²) in [7, 11) is 0. The minimum Gasteiger partial charge on any atom is -0.481 e. The van der Waals surface area contributed by atoms with Crippen molar-refractivity contribution in [3.63, 3.8) is 0 Å². The summed E-state index contributed by atoms with van der Waals surface area (Å²) in [4.78, 5) is 34.9. The van der Waals surface area contributed by atoms with Crippen LogP contribution >= 0.6 is 0 Å². The second kappa shape index (κ2) is 6.96. The minimum absolute atomic E-state index is 0.497. The Morgan fingerprint density at radius 1 is 1.26 bits per heavy atom. The first-order chi connectivity index (χ1) is 8.90. The fourth-order valence-electron chi connectivity index (χ4n) is 2.08. The van der Waals surface area contributed by atoms with E-state index < -0.39 is 30.4 Å². The predicted octanol–water partition coefficient (Wildman–Crippen LogP) is 0.746. The number of rotatable bonds is 4. The monoisotopic (exact) mass is 272 g/mol. The van der Waals surface area contributed by atoms with Gasteiger partial charge < -0.3 is 20.4 Å². The first-order valence-electron chi connectivity index (χ1n) is 6.40. The lowest BCUT2D eigenvalue weighted by molar-refractivity contribution is -0.145. The number of aliphatic carboxylic acids is 2. The highest BCUT2D eigenvalue weighted by molar-refractivity contribution is 5.86. The van der Waals surface area contributed by atoms with Crippen molar-refractivity contribution >= 4 is 18.0 Å². The number of amides is 2. The largest absolute Gasteiger partial charge is 0.481 e. The van der Waals surface area contributed by atoms with Gasteiger partial charge in [0.2, 0.25) is 0 Å². The Labute approximate surface area is 111 Å². The van der Waals surface area contributed by atoms with Crippen LogP contribution in [-0.4, -0.2) is 52.2 Å². The van der Waals surface area contributed by atoms with Gasteiger partial charge in [-0.25, -0.2) is 9.59 Å². The molecule has 1 rings (SSSR count). The van der Waals surface area contributed by atoms with Crippen molar-refractivity contribution in [2.75, 3.05) is 13.1 Å². The lowest BCUT2D eigenvalue weighted by atomic mass is 10.0. The van der Waals surface area contributed by atoms with E-state index in [9.17, 15) is 14.4 Å².